The van der Waals surface area contributed by atoms with Crippen LogP contribution < -0.4 is 20.4 Å². The van der Waals surface area contributed by atoms with Gasteiger partial charge in [0.1, 0.15) is 0 Å². The average Bonchev–Trinajstić information content (AvgIpc) is 2.32. The molecule has 0 aliphatic rings. The van der Waals surface area contributed by atoms with Gasteiger partial charge in [0.2, 0.25) is 0 Å². The molecule has 160 valence electrons. The van der Waals surface area contributed by atoms with Crippen LogP contribution >= 0.6 is 0 Å². The minimum atomic E-state index is -0.187. The van der Waals surface area contributed by atoms with Crippen LogP contribution in [0.25, 0.3) is 0 Å². The van der Waals surface area contributed by atoms with Gasteiger partial charge in [0.25, 0.3) is 0 Å². The molecule has 0 spiro atoms. The molecule has 0 atom stereocenters. The van der Waals surface area contributed by atoms with E-state index in [1.54, 1.807) is 0 Å². The number of ketones is 4. The van der Waals surface area contributed by atoms with Crippen molar-refractivity contribution in [1.82, 2.24) is 0 Å². The van der Waals surface area contributed by atoms with Crippen molar-refractivity contribution < 1.29 is 65.4 Å². The third kappa shape index (κ3) is 76.9. The van der Waals surface area contributed by atoms with Crippen LogP contribution in [0.5, 0.6) is 0 Å². The van der Waals surface area contributed by atoms with Gasteiger partial charge in [-0.3, -0.25) is 19.2 Å². The summed E-state index contributed by atoms with van der Waals surface area (Å²) in [5.74, 6) is -1.50. The van der Waals surface area contributed by atoms with Gasteiger partial charge in [-0.25, -0.2) is 0 Å². The fourth-order valence-electron chi connectivity index (χ4n) is 1.14. The van der Waals surface area contributed by atoms with Crippen LogP contribution in [0.1, 0.15) is 55.4 Å². The van der Waals surface area contributed by atoms with E-state index in [1.807, 2.05) is 0 Å². The van der Waals surface area contributed by atoms with Gasteiger partial charge in [0.05, 0.1) is 0 Å². The van der Waals surface area contributed by atoms with Gasteiger partial charge in [0.15, 0.2) is 23.1 Å². The summed E-state index contributed by atoms with van der Waals surface area (Å²) in [5, 5.41) is 39.9. The molecule has 0 heterocycles. The SMILES string of the molecule is CC(=O)C=C(C)[O-].CC(=O)C=C(C)[O-].CC(=O)C=C(C)[O-].CC(=O)C=C(C)[O-].[Hf+4]. The Morgan fingerprint density at radius 1 is 0.414 bits per heavy atom. The Balaban J connectivity index is -0.0000000873. The predicted octanol–water partition coefficient (Wildman–Crippen LogP) is -0.644. The quantitative estimate of drug-likeness (QED) is 0.243. The third-order valence-corrected chi connectivity index (χ3v) is 1.63. The number of carbonyl (C=O) groups is 4. The Morgan fingerprint density at radius 3 is 0.517 bits per heavy atom. The minimum absolute atomic E-state index is 0. The first-order valence-electron chi connectivity index (χ1n) is 7.94. The Kier molecular flexibility index (Phi) is 30.7. The van der Waals surface area contributed by atoms with Crippen LogP contribution in [-0.4, -0.2) is 23.1 Å². The van der Waals surface area contributed by atoms with Crippen molar-refractivity contribution in [3.8, 4) is 0 Å². The summed E-state index contributed by atoms with van der Waals surface area (Å²) in [4.78, 5) is 39.9. The van der Waals surface area contributed by atoms with Crippen LogP contribution in [0, 0.1) is 0 Å². The van der Waals surface area contributed by atoms with Crippen molar-refractivity contribution in [2.24, 2.45) is 0 Å². The van der Waals surface area contributed by atoms with Crippen LogP contribution in [0.15, 0.2) is 47.3 Å². The first-order chi connectivity index (χ1) is 12.5. The average molecular weight is 575 g/mol. The topological polar surface area (TPSA) is 161 Å². The Hall–Kier alpha value is -2.29. The second kappa shape index (κ2) is 23.7. The zero-order valence-electron chi connectivity index (χ0n) is 18.1. The van der Waals surface area contributed by atoms with Gasteiger partial charge in [0, 0.05) is 0 Å². The van der Waals surface area contributed by atoms with Gasteiger partial charge in [-0.1, -0.05) is 27.7 Å². The largest absolute Gasteiger partial charge is 4.00 e. The Labute approximate surface area is 191 Å². The van der Waals surface area contributed by atoms with E-state index in [-0.39, 0.29) is 72.0 Å². The number of allylic oxidation sites excluding steroid dienone is 8. The van der Waals surface area contributed by atoms with Crippen molar-refractivity contribution in [2.75, 3.05) is 0 Å². The smallest absolute Gasteiger partial charge is 0.876 e. The molecule has 0 saturated carbocycles. The van der Waals surface area contributed by atoms with Gasteiger partial charge >= 0.3 is 25.8 Å². The molecule has 0 amide bonds. The molecule has 0 fully saturated rings. The Morgan fingerprint density at radius 2 is 0.517 bits per heavy atom. The molecular weight excluding hydrogens is 547 g/mol. The maximum atomic E-state index is 9.98. The van der Waals surface area contributed by atoms with E-state index in [2.05, 4.69) is 0 Å². The summed E-state index contributed by atoms with van der Waals surface area (Å²) in [5.41, 5.74) is 0. The summed E-state index contributed by atoms with van der Waals surface area (Å²) < 4.78 is 0. The summed E-state index contributed by atoms with van der Waals surface area (Å²) in [6, 6.07) is 0. The van der Waals surface area contributed by atoms with Crippen molar-refractivity contribution in [3.63, 3.8) is 0 Å². The van der Waals surface area contributed by atoms with Crippen LogP contribution in [-0.2, 0) is 45.0 Å². The first kappa shape index (κ1) is 37.5. The van der Waals surface area contributed by atoms with E-state index >= 15 is 0 Å². The minimum Gasteiger partial charge on any atom is -0.876 e. The molecule has 0 saturated heterocycles. The molecule has 0 aromatic rings. The number of hydrogen-bond donors (Lipinski definition) is 0. The molecule has 0 rings (SSSR count). The van der Waals surface area contributed by atoms with E-state index in [1.165, 1.54) is 55.4 Å². The normalized spacial score (nSPS) is 11.0. The zero-order valence-corrected chi connectivity index (χ0v) is 21.7. The van der Waals surface area contributed by atoms with Crippen molar-refractivity contribution in [2.45, 2.75) is 55.4 Å². The fraction of sp³-hybridized carbons (Fsp3) is 0.400. The van der Waals surface area contributed by atoms with Crippen LogP contribution in [0.4, 0.5) is 0 Å². The fourth-order valence-corrected chi connectivity index (χ4v) is 1.14. The van der Waals surface area contributed by atoms with E-state index in [4.69, 9.17) is 0 Å². The monoisotopic (exact) mass is 576 g/mol. The standard InChI is InChI=1S/4C5H8O2.Hf/c4*1-4(6)3-5(2)7;/h4*3,6H,1-2H3;/q;;;;+4/p-4. The maximum absolute atomic E-state index is 9.98. The van der Waals surface area contributed by atoms with Crippen molar-refractivity contribution in [1.29, 1.82) is 0 Å². The molecule has 29 heavy (non-hydrogen) atoms. The zero-order chi connectivity index (χ0) is 23.4. The molecule has 0 bridgehead atoms. The van der Waals surface area contributed by atoms with Gasteiger partial charge < -0.3 is 20.4 Å². The van der Waals surface area contributed by atoms with E-state index < -0.39 is 0 Å². The Bertz CT molecular complexity index is 513. The molecule has 0 unspecified atom stereocenters. The van der Waals surface area contributed by atoms with E-state index in [9.17, 15) is 39.6 Å². The number of hydrogen-bond acceptors (Lipinski definition) is 8. The molecule has 0 aliphatic carbocycles. The molecule has 0 aliphatic heterocycles. The van der Waals surface area contributed by atoms with Gasteiger partial charge in [-0.2, -0.15) is 0 Å². The molecule has 8 nitrogen and oxygen atoms in total. The van der Waals surface area contributed by atoms with Crippen LogP contribution in [0.3, 0.4) is 0 Å². The number of rotatable bonds is 4. The van der Waals surface area contributed by atoms with Crippen LogP contribution in [0.2, 0.25) is 0 Å². The first-order valence-corrected chi connectivity index (χ1v) is 7.94. The summed E-state index contributed by atoms with van der Waals surface area (Å²) in [6.45, 7) is 10.8. The van der Waals surface area contributed by atoms with Crippen molar-refractivity contribution >= 4 is 23.1 Å². The summed E-state index contributed by atoms with van der Waals surface area (Å²) in [7, 11) is 0. The maximum Gasteiger partial charge on any atom is 4.00 e. The molecule has 0 aromatic carbocycles. The second-order valence-corrected chi connectivity index (χ2v) is 5.46. The van der Waals surface area contributed by atoms with Gasteiger partial charge in [-0.15, -0.1) is 23.0 Å². The molecule has 0 radical (unpaired) electrons. The third-order valence-electron chi connectivity index (χ3n) is 1.63. The van der Waals surface area contributed by atoms with E-state index in [0.29, 0.717) is 0 Å². The molecule has 0 aromatic heterocycles. The molecule has 0 N–H and O–H groups in total. The summed E-state index contributed by atoms with van der Waals surface area (Å²) in [6.07, 6.45) is 4.22. The van der Waals surface area contributed by atoms with E-state index in [0.717, 1.165) is 24.3 Å². The second-order valence-electron chi connectivity index (χ2n) is 5.46. The molecule has 9 heteroatoms. The number of carbonyl (C=O) groups excluding carboxylic acids is 4. The van der Waals surface area contributed by atoms with Gasteiger partial charge in [-0.05, 0) is 52.0 Å². The van der Waals surface area contributed by atoms with Crippen molar-refractivity contribution in [3.05, 3.63) is 47.3 Å². The predicted molar refractivity (Wildman–Crippen MR) is 97.8 cm³/mol. The molecular formula is C20H28HfO8. The summed E-state index contributed by atoms with van der Waals surface area (Å²) >= 11 is 0.